The molecule has 3 nitrogen and oxygen atoms in total. The molecule has 0 spiro atoms. The van der Waals surface area contributed by atoms with Crippen LogP contribution in [0, 0.1) is 5.92 Å². The summed E-state index contributed by atoms with van der Waals surface area (Å²) in [5, 5.41) is 0. The van der Waals surface area contributed by atoms with Crippen LogP contribution in [0.5, 0.6) is 0 Å². The topological polar surface area (TPSA) is 43.4 Å². The second-order valence-corrected chi connectivity index (χ2v) is 5.29. The van der Waals surface area contributed by atoms with Crippen LogP contribution in [0.3, 0.4) is 0 Å². The zero-order valence-corrected chi connectivity index (χ0v) is 9.22. The fourth-order valence-corrected chi connectivity index (χ4v) is 2.90. The van der Waals surface area contributed by atoms with Crippen LogP contribution in [0.25, 0.3) is 0 Å². The summed E-state index contributed by atoms with van der Waals surface area (Å²) in [6.07, 6.45) is 4.82. The molecule has 0 aromatic rings. The molecule has 14 heavy (non-hydrogen) atoms. The fourth-order valence-electron chi connectivity index (χ4n) is 2.10. The predicted octanol–water partition coefficient (Wildman–Crippen LogP) is 1.88. The molecular formula is C9H17FO3S. The highest BCUT2D eigenvalue weighted by molar-refractivity contribution is 7.86. The Bertz CT molecular complexity index is 257. The number of methoxy groups -OCH3 is 1. The predicted molar refractivity (Wildman–Crippen MR) is 52.3 cm³/mol. The van der Waals surface area contributed by atoms with E-state index < -0.39 is 22.1 Å². The summed E-state index contributed by atoms with van der Waals surface area (Å²) in [5.74, 6) is -0.284. The Morgan fingerprint density at radius 2 is 1.93 bits per heavy atom. The first-order valence-electron chi connectivity index (χ1n) is 4.98. The minimum absolute atomic E-state index is 0.208. The van der Waals surface area contributed by atoms with E-state index in [-0.39, 0.29) is 5.92 Å². The second kappa shape index (κ2) is 5.07. The van der Waals surface area contributed by atoms with Crippen molar-refractivity contribution in [2.24, 2.45) is 5.92 Å². The van der Waals surface area contributed by atoms with Gasteiger partial charge in [0.1, 0.15) is 5.75 Å². The Balaban J connectivity index is 2.52. The van der Waals surface area contributed by atoms with Crippen LogP contribution < -0.4 is 0 Å². The summed E-state index contributed by atoms with van der Waals surface area (Å²) in [4.78, 5) is 0. The van der Waals surface area contributed by atoms with Gasteiger partial charge in [-0.1, -0.05) is 19.3 Å². The van der Waals surface area contributed by atoms with Gasteiger partial charge in [0.25, 0.3) is 0 Å². The molecule has 0 bridgehead atoms. The molecule has 0 heterocycles. The van der Waals surface area contributed by atoms with Crippen LogP contribution in [0.4, 0.5) is 3.89 Å². The van der Waals surface area contributed by atoms with Gasteiger partial charge in [0.15, 0.2) is 0 Å². The van der Waals surface area contributed by atoms with Crippen molar-refractivity contribution in [1.82, 2.24) is 0 Å². The molecule has 1 aliphatic carbocycles. The van der Waals surface area contributed by atoms with Crippen LogP contribution in [-0.4, -0.2) is 27.4 Å². The quantitative estimate of drug-likeness (QED) is 0.685. The second-order valence-electron chi connectivity index (χ2n) is 3.88. The summed E-state index contributed by atoms with van der Waals surface area (Å²) in [6, 6.07) is 0. The minimum atomic E-state index is -4.41. The van der Waals surface area contributed by atoms with E-state index in [0.717, 1.165) is 25.7 Å². The van der Waals surface area contributed by atoms with E-state index in [4.69, 9.17) is 4.74 Å². The van der Waals surface area contributed by atoms with Crippen molar-refractivity contribution < 1.29 is 17.0 Å². The van der Waals surface area contributed by atoms with Gasteiger partial charge in [-0.15, -0.1) is 3.89 Å². The van der Waals surface area contributed by atoms with Gasteiger partial charge in [0.05, 0.1) is 6.10 Å². The summed E-state index contributed by atoms with van der Waals surface area (Å²) in [5.41, 5.74) is 0. The highest BCUT2D eigenvalue weighted by Gasteiger charge is 2.27. The lowest BCUT2D eigenvalue weighted by molar-refractivity contribution is 0.0524. The molecule has 1 aliphatic rings. The zero-order chi connectivity index (χ0) is 10.6. The maximum Gasteiger partial charge on any atom is 0.304 e. The highest BCUT2D eigenvalue weighted by atomic mass is 32.3. The van der Waals surface area contributed by atoms with E-state index in [1.165, 1.54) is 13.5 Å². The molecule has 0 aliphatic heterocycles. The van der Waals surface area contributed by atoms with Crippen molar-refractivity contribution in [1.29, 1.82) is 0 Å². The summed E-state index contributed by atoms with van der Waals surface area (Å²) >= 11 is 0. The van der Waals surface area contributed by atoms with E-state index in [1.54, 1.807) is 0 Å². The zero-order valence-electron chi connectivity index (χ0n) is 8.41. The lowest BCUT2D eigenvalue weighted by Gasteiger charge is -2.28. The lowest BCUT2D eigenvalue weighted by Crippen LogP contribution is -2.30. The molecule has 1 unspecified atom stereocenters. The van der Waals surface area contributed by atoms with E-state index in [9.17, 15) is 12.3 Å². The fraction of sp³-hybridized carbons (Fsp3) is 1.00. The Morgan fingerprint density at radius 1 is 1.36 bits per heavy atom. The first-order valence-corrected chi connectivity index (χ1v) is 6.53. The molecule has 84 valence electrons. The molecule has 5 heteroatoms. The highest BCUT2D eigenvalue weighted by Crippen LogP contribution is 2.28. The number of hydrogen-bond donors (Lipinski definition) is 0. The molecule has 0 saturated heterocycles. The molecule has 0 aromatic heterocycles. The van der Waals surface area contributed by atoms with Crippen LogP contribution >= 0.6 is 0 Å². The smallest absolute Gasteiger partial charge is 0.304 e. The van der Waals surface area contributed by atoms with E-state index >= 15 is 0 Å². The third-order valence-corrected chi connectivity index (χ3v) is 3.57. The van der Waals surface area contributed by atoms with Crippen LogP contribution in [-0.2, 0) is 15.0 Å². The maximum absolute atomic E-state index is 12.5. The van der Waals surface area contributed by atoms with Crippen LogP contribution in [0.2, 0.25) is 0 Å². The first kappa shape index (κ1) is 11.9. The molecule has 0 N–H and O–H groups in total. The molecule has 0 amide bonds. The average Bonchev–Trinajstić information content (AvgIpc) is 2.14. The van der Waals surface area contributed by atoms with Gasteiger partial charge in [0.2, 0.25) is 0 Å². The molecule has 0 aromatic carbocycles. The van der Waals surface area contributed by atoms with Gasteiger partial charge >= 0.3 is 10.2 Å². The summed E-state index contributed by atoms with van der Waals surface area (Å²) in [6.45, 7) is 0. The van der Waals surface area contributed by atoms with Gasteiger partial charge in [-0.25, -0.2) is 0 Å². The van der Waals surface area contributed by atoms with Gasteiger partial charge in [-0.3, -0.25) is 0 Å². The lowest BCUT2D eigenvalue weighted by atomic mass is 9.86. The van der Waals surface area contributed by atoms with Crippen molar-refractivity contribution >= 4 is 10.2 Å². The maximum atomic E-state index is 12.5. The third-order valence-electron chi connectivity index (χ3n) is 2.84. The Morgan fingerprint density at radius 3 is 2.36 bits per heavy atom. The Kier molecular flexibility index (Phi) is 4.31. The molecule has 1 fully saturated rings. The van der Waals surface area contributed by atoms with Crippen LogP contribution in [0.15, 0.2) is 0 Å². The Labute approximate surface area is 84.9 Å². The average molecular weight is 224 g/mol. The van der Waals surface area contributed by atoms with Gasteiger partial charge in [-0.2, -0.15) is 8.42 Å². The Hall–Kier alpha value is -0.160. The third kappa shape index (κ3) is 3.92. The molecule has 1 atom stereocenters. The monoisotopic (exact) mass is 224 g/mol. The summed E-state index contributed by atoms with van der Waals surface area (Å²) in [7, 11) is -2.96. The minimum Gasteiger partial charge on any atom is -0.380 e. The van der Waals surface area contributed by atoms with E-state index in [0.29, 0.717) is 0 Å². The van der Waals surface area contributed by atoms with Crippen molar-refractivity contribution in [2.45, 2.75) is 38.2 Å². The number of rotatable bonds is 4. The number of ether oxygens (including phenoxy) is 1. The van der Waals surface area contributed by atoms with Crippen molar-refractivity contribution in [3.05, 3.63) is 0 Å². The molecule has 1 saturated carbocycles. The number of halogens is 1. The van der Waals surface area contributed by atoms with Gasteiger partial charge in [0, 0.05) is 7.11 Å². The van der Waals surface area contributed by atoms with Crippen LogP contribution in [0.1, 0.15) is 32.1 Å². The van der Waals surface area contributed by atoms with Gasteiger partial charge in [-0.05, 0) is 18.8 Å². The van der Waals surface area contributed by atoms with Crippen molar-refractivity contribution in [3.8, 4) is 0 Å². The van der Waals surface area contributed by atoms with E-state index in [2.05, 4.69) is 0 Å². The largest absolute Gasteiger partial charge is 0.380 e. The van der Waals surface area contributed by atoms with Crippen molar-refractivity contribution in [3.63, 3.8) is 0 Å². The van der Waals surface area contributed by atoms with Gasteiger partial charge < -0.3 is 4.74 Å². The van der Waals surface area contributed by atoms with E-state index in [1.807, 2.05) is 0 Å². The standard InChI is InChI=1S/C9H17FO3S/c1-13-9(7-14(10,11)12)8-5-3-2-4-6-8/h8-9H,2-7H2,1H3. The number of hydrogen-bond acceptors (Lipinski definition) is 3. The molecular weight excluding hydrogens is 207 g/mol. The molecule has 1 rings (SSSR count). The summed E-state index contributed by atoms with van der Waals surface area (Å²) < 4.78 is 38.5. The SMILES string of the molecule is COC(CS(=O)(=O)F)C1CCCCC1. The molecule has 0 radical (unpaired) electrons. The normalized spacial score (nSPS) is 22.1. The first-order chi connectivity index (χ1) is 6.53. The van der Waals surface area contributed by atoms with Crippen molar-refractivity contribution in [2.75, 3.05) is 12.9 Å².